The van der Waals surface area contributed by atoms with Gasteiger partial charge in [-0.05, 0) is 44.2 Å². The third-order valence-corrected chi connectivity index (χ3v) is 4.78. The quantitative estimate of drug-likeness (QED) is 0.598. The summed E-state index contributed by atoms with van der Waals surface area (Å²) in [4.78, 5) is 35.4. The van der Waals surface area contributed by atoms with Crippen LogP contribution in [0.3, 0.4) is 0 Å². The van der Waals surface area contributed by atoms with Crippen molar-refractivity contribution >= 4 is 40.9 Å². The van der Waals surface area contributed by atoms with E-state index in [0.717, 1.165) is 16.1 Å². The summed E-state index contributed by atoms with van der Waals surface area (Å²) >= 11 is 1.38. The summed E-state index contributed by atoms with van der Waals surface area (Å²) in [6, 6.07) is 14.7. The normalized spacial score (nSPS) is 11.5. The van der Waals surface area contributed by atoms with Crippen LogP contribution in [0.4, 0.5) is 11.4 Å². The zero-order valence-electron chi connectivity index (χ0n) is 15.2. The molecule has 27 heavy (non-hydrogen) atoms. The maximum absolute atomic E-state index is 12.4. The van der Waals surface area contributed by atoms with Crippen molar-refractivity contribution in [2.24, 2.45) is 0 Å². The van der Waals surface area contributed by atoms with Gasteiger partial charge >= 0.3 is 5.97 Å². The molecule has 0 spiro atoms. The van der Waals surface area contributed by atoms with Gasteiger partial charge in [-0.1, -0.05) is 23.8 Å². The molecule has 0 aromatic heterocycles. The molecule has 2 aromatic carbocycles. The first-order chi connectivity index (χ1) is 12.8. The van der Waals surface area contributed by atoms with Crippen molar-refractivity contribution in [3.63, 3.8) is 0 Å². The Balaban J connectivity index is 1.92. The van der Waals surface area contributed by atoms with Crippen LogP contribution < -0.4 is 10.6 Å². The Labute approximate surface area is 162 Å². The van der Waals surface area contributed by atoms with E-state index in [1.54, 1.807) is 18.2 Å². The third kappa shape index (κ3) is 7.15. The van der Waals surface area contributed by atoms with Gasteiger partial charge in [0.25, 0.3) is 0 Å². The number of carbonyl (C=O) groups is 3. The number of carboxylic acid groups (broad SMARTS) is 1. The number of carbonyl (C=O) groups excluding carboxylic acids is 2. The van der Waals surface area contributed by atoms with Gasteiger partial charge in [0.15, 0.2) is 0 Å². The molecule has 0 radical (unpaired) electrons. The summed E-state index contributed by atoms with van der Waals surface area (Å²) in [5, 5.41) is 13.8. The van der Waals surface area contributed by atoms with Crippen LogP contribution in [-0.2, 0) is 14.4 Å². The molecule has 0 aliphatic heterocycles. The Morgan fingerprint density at radius 2 is 1.70 bits per heavy atom. The van der Waals surface area contributed by atoms with Crippen molar-refractivity contribution in [3.8, 4) is 0 Å². The van der Waals surface area contributed by atoms with Gasteiger partial charge in [0.2, 0.25) is 11.8 Å². The Bertz CT molecular complexity index is 821. The summed E-state index contributed by atoms with van der Waals surface area (Å²) in [5.41, 5.74) is 2.44. The van der Waals surface area contributed by atoms with Gasteiger partial charge in [0.05, 0.1) is 11.7 Å². The van der Waals surface area contributed by atoms with Crippen molar-refractivity contribution < 1.29 is 19.5 Å². The standard InChI is InChI=1S/C20H22N2O4S/c1-13-6-8-15(9-7-13)22-20(26)14(2)27-17-5-3-4-16(12-17)21-18(23)10-11-19(24)25/h3-9,12,14H,10-11H2,1-2H3,(H,21,23)(H,22,26)(H,24,25). The maximum atomic E-state index is 12.4. The summed E-state index contributed by atoms with van der Waals surface area (Å²) < 4.78 is 0. The first-order valence-corrected chi connectivity index (χ1v) is 9.37. The predicted molar refractivity (Wildman–Crippen MR) is 107 cm³/mol. The van der Waals surface area contributed by atoms with Crippen molar-refractivity contribution in [1.82, 2.24) is 0 Å². The first-order valence-electron chi connectivity index (χ1n) is 8.49. The van der Waals surface area contributed by atoms with Crippen LogP contribution in [0.1, 0.15) is 25.3 Å². The average molecular weight is 386 g/mol. The van der Waals surface area contributed by atoms with E-state index in [4.69, 9.17) is 5.11 Å². The Morgan fingerprint density at radius 1 is 1.00 bits per heavy atom. The zero-order valence-corrected chi connectivity index (χ0v) is 16.0. The molecule has 2 rings (SSSR count). The predicted octanol–water partition coefficient (Wildman–Crippen LogP) is 3.92. The minimum atomic E-state index is -1.01. The van der Waals surface area contributed by atoms with Crippen molar-refractivity contribution in [2.45, 2.75) is 36.8 Å². The fourth-order valence-electron chi connectivity index (χ4n) is 2.23. The van der Waals surface area contributed by atoms with Gasteiger partial charge in [-0.3, -0.25) is 14.4 Å². The van der Waals surface area contributed by atoms with Crippen LogP contribution >= 0.6 is 11.8 Å². The molecule has 1 unspecified atom stereocenters. The number of amides is 2. The second-order valence-corrected chi connectivity index (χ2v) is 7.50. The lowest BCUT2D eigenvalue weighted by Crippen LogP contribution is -2.22. The number of aryl methyl sites for hydroxylation is 1. The summed E-state index contributed by atoms with van der Waals surface area (Å²) in [7, 11) is 0. The fourth-order valence-corrected chi connectivity index (χ4v) is 3.16. The molecule has 2 amide bonds. The second-order valence-electron chi connectivity index (χ2n) is 6.09. The molecular weight excluding hydrogens is 364 g/mol. The number of hydrogen-bond donors (Lipinski definition) is 3. The monoisotopic (exact) mass is 386 g/mol. The minimum Gasteiger partial charge on any atom is -0.481 e. The Hall–Kier alpha value is -2.80. The molecular formula is C20H22N2O4S. The molecule has 6 nitrogen and oxygen atoms in total. The highest BCUT2D eigenvalue weighted by Gasteiger charge is 2.15. The molecule has 0 aliphatic carbocycles. The highest BCUT2D eigenvalue weighted by molar-refractivity contribution is 8.00. The van der Waals surface area contributed by atoms with Gasteiger partial charge in [-0.25, -0.2) is 0 Å². The summed E-state index contributed by atoms with van der Waals surface area (Å²) in [5.74, 6) is -1.48. The van der Waals surface area contributed by atoms with Crippen LogP contribution in [0.25, 0.3) is 0 Å². The number of carboxylic acids is 1. The minimum absolute atomic E-state index is 0.0813. The second kappa shape index (κ2) is 9.78. The van der Waals surface area contributed by atoms with Crippen molar-refractivity contribution in [1.29, 1.82) is 0 Å². The molecule has 0 bridgehead atoms. The molecule has 0 heterocycles. The Morgan fingerprint density at radius 3 is 2.37 bits per heavy atom. The van der Waals surface area contributed by atoms with Crippen LogP contribution in [0.2, 0.25) is 0 Å². The largest absolute Gasteiger partial charge is 0.481 e. The lowest BCUT2D eigenvalue weighted by atomic mass is 10.2. The Kier molecular flexibility index (Phi) is 7.43. The van der Waals surface area contributed by atoms with Crippen LogP contribution in [0, 0.1) is 6.92 Å². The van der Waals surface area contributed by atoms with Gasteiger partial charge in [0.1, 0.15) is 0 Å². The lowest BCUT2D eigenvalue weighted by molar-refractivity contribution is -0.138. The van der Waals surface area contributed by atoms with Crippen LogP contribution in [-0.4, -0.2) is 28.1 Å². The number of anilines is 2. The molecule has 0 saturated carbocycles. The van der Waals surface area contributed by atoms with E-state index in [2.05, 4.69) is 10.6 Å². The number of thioether (sulfide) groups is 1. The number of nitrogens with one attached hydrogen (secondary N) is 2. The average Bonchev–Trinajstić information content (AvgIpc) is 2.62. The van der Waals surface area contributed by atoms with E-state index >= 15 is 0 Å². The molecule has 0 aliphatic rings. The maximum Gasteiger partial charge on any atom is 0.303 e. The van der Waals surface area contributed by atoms with E-state index in [-0.39, 0.29) is 29.9 Å². The van der Waals surface area contributed by atoms with Crippen LogP contribution in [0.5, 0.6) is 0 Å². The molecule has 0 fully saturated rings. The summed E-state index contributed by atoms with van der Waals surface area (Å²) in [6.45, 7) is 3.80. The van der Waals surface area contributed by atoms with E-state index in [1.165, 1.54) is 11.8 Å². The van der Waals surface area contributed by atoms with Gasteiger partial charge < -0.3 is 15.7 Å². The topological polar surface area (TPSA) is 95.5 Å². The number of aliphatic carboxylic acids is 1. The highest BCUT2D eigenvalue weighted by atomic mass is 32.2. The zero-order chi connectivity index (χ0) is 19.8. The fraction of sp³-hybridized carbons (Fsp3) is 0.250. The number of hydrogen-bond acceptors (Lipinski definition) is 4. The van der Waals surface area contributed by atoms with E-state index < -0.39 is 5.97 Å². The smallest absolute Gasteiger partial charge is 0.303 e. The van der Waals surface area contributed by atoms with Crippen molar-refractivity contribution in [2.75, 3.05) is 10.6 Å². The molecule has 7 heteroatoms. The van der Waals surface area contributed by atoms with Crippen LogP contribution in [0.15, 0.2) is 53.4 Å². The van der Waals surface area contributed by atoms with E-state index in [1.807, 2.05) is 44.2 Å². The third-order valence-electron chi connectivity index (χ3n) is 3.68. The molecule has 142 valence electrons. The van der Waals surface area contributed by atoms with E-state index in [9.17, 15) is 14.4 Å². The molecule has 1 atom stereocenters. The molecule has 3 N–H and O–H groups in total. The molecule has 2 aromatic rings. The number of rotatable bonds is 8. The van der Waals surface area contributed by atoms with Gasteiger partial charge in [-0.2, -0.15) is 0 Å². The van der Waals surface area contributed by atoms with Gasteiger partial charge in [-0.15, -0.1) is 11.8 Å². The number of benzene rings is 2. The first kappa shape index (κ1) is 20.5. The SMILES string of the molecule is Cc1ccc(NC(=O)C(C)Sc2cccc(NC(=O)CCC(=O)O)c2)cc1. The lowest BCUT2D eigenvalue weighted by Gasteiger charge is -2.13. The highest BCUT2D eigenvalue weighted by Crippen LogP contribution is 2.26. The van der Waals surface area contributed by atoms with E-state index in [0.29, 0.717) is 5.69 Å². The van der Waals surface area contributed by atoms with Gasteiger partial charge in [0, 0.05) is 22.7 Å². The molecule has 0 saturated heterocycles. The summed E-state index contributed by atoms with van der Waals surface area (Å²) in [6.07, 6.45) is -0.293. The van der Waals surface area contributed by atoms with Crippen molar-refractivity contribution in [3.05, 3.63) is 54.1 Å².